The molecule has 0 aromatic rings. The molecule has 0 amide bonds. The van der Waals surface area contributed by atoms with Crippen molar-refractivity contribution in [3.05, 3.63) is 35.5 Å². The summed E-state index contributed by atoms with van der Waals surface area (Å²) >= 11 is 0. The molecule has 164 valence electrons. The first-order valence-corrected chi connectivity index (χ1v) is 11.0. The summed E-state index contributed by atoms with van der Waals surface area (Å²) in [6.45, 7) is 13.5. The molecule has 0 unspecified atom stereocenters. The SMILES string of the molecule is CC[C@H](C)C[C@H](C)C[C@@H]1CO[C@@H](\C(C)=C/C(=C/C=C/CC(=O)O)C(C)=O)[C@H](C)C1. The quantitative estimate of drug-likeness (QED) is 0.340. The largest absolute Gasteiger partial charge is 0.481 e. The van der Waals surface area contributed by atoms with Crippen molar-refractivity contribution in [2.75, 3.05) is 6.61 Å². The third-order valence-corrected chi connectivity index (χ3v) is 5.91. The van der Waals surface area contributed by atoms with Crippen LogP contribution in [0.1, 0.15) is 73.6 Å². The lowest BCUT2D eigenvalue weighted by Crippen LogP contribution is -2.34. The van der Waals surface area contributed by atoms with Crippen LogP contribution in [0.3, 0.4) is 0 Å². The molecule has 29 heavy (non-hydrogen) atoms. The summed E-state index contributed by atoms with van der Waals surface area (Å²) in [4.78, 5) is 22.5. The predicted octanol–water partition coefficient (Wildman–Crippen LogP) is 5.98. The number of hydrogen-bond donors (Lipinski definition) is 1. The summed E-state index contributed by atoms with van der Waals surface area (Å²) in [7, 11) is 0. The van der Waals surface area contributed by atoms with Crippen LogP contribution in [-0.4, -0.2) is 29.6 Å². The highest BCUT2D eigenvalue weighted by Crippen LogP contribution is 2.34. The van der Waals surface area contributed by atoms with E-state index >= 15 is 0 Å². The standard InChI is InChI=1S/C25H40O4/c1-7-17(2)12-18(3)13-22-14-19(4)25(29-16-22)20(5)15-23(21(6)26)10-8-9-11-24(27)28/h8-10,15,17-19,22,25H,7,11-14,16H2,1-6H3,(H,27,28)/b9-8+,20-15-,23-10-/t17-,18-,19+,22-,25+/m0/s1. The lowest BCUT2D eigenvalue weighted by Gasteiger charge is -2.36. The fourth-order valence-electron chi connectivity index (χ4n) is 4.32. The molecule has 0 saturated carbocycles. The van der Waals surface area contributed by atoms with E-state index in [0.29, 0.717) is 17.4 Å². The highest BCUT2D eigenvalue weighted by molar-refractivity contribution is 5.96. The minimum atomic E-state index is -0.886. The van der Waals surface area contributed by atoms with Gasteiger partial charge in [0, 0.05) is 5.57 Å². The van der Waals surface area contributed by atoms with Crippen LogP contribution in [-0.2, 0) is 14.3 Å². The summed E-state index contributed by atoms with van der Waals surface area (Å²) in [6.07, 6.45) is 11.6. The van der Waals surface area contributed by atoms with E-state index in [0.717, 1.165) is 30.4 Å². The number of carbonyl (C=O) groups is 2. The van der Waals surface area contributed by atoms with Gasteiger partial charge in [-0.05, 0) is 68.4 Å². The van der Waals surface area contributed by atoms with E-state index < -0.39 is 5.97 Å². The van der Waals surface area contributed by atoms with Gasteiger partial charge in [-0.15, -0.1) is 0 Å². The molecule has 1 heterocycles. The maximum absolute atomic E-state index is 12.0. The average molecular weight is 405 g/mol. The zero-order valence-corrected chi connectivity index (χ0v) is 19.1. The number of allylic oxidation sites excluding steroid dienone is 4. The third kappa shape index (κ3) is 9.58. The summed E-state index contributed by atoms with van der Waals surface area (Å²) in [5.74, 6) is 1.61. The summed E-state index contributed by atoms with van der Waals surface area (Å²) in [5, 5.41) is 8.70. The number of ether oxygens (including phenoxy) is 1. The van der Waals surface area contributed by atoms with Crippen LogP contribution in [0.5, 0.6) is 0 Å². The molecule has 1 rings (SSSR count). The number of carboxylic acid groups (broad SMARTS) is 1. The molecular formula is C25H40O4. The first kappa shape index (κ1) is 25.4. The van der Waals surface area contributed by atoms with Gasteiger partial charge in [0.25, 0.3) is 0 Å². The Labute approximate surface area is 177 Å². The van der Waals surface area contributed by atoms with Crippen molar-refractivity contribution in [1.82, 2.24) is 0 Å². The van der Waals surface area contributed by atoms with Gasteiger partial charge in [-0.25, -0.2) is 0 Å². The fraction of sp³-hybridized carbons (Fsp3) is 0.680. The normalized spacial score (nSPS) is 25.8. The van der Waals surface area contributed by atoms with E-state index in [9.17, 15) is 9.59 Å². The maximum Gasteiger partial charge on any atom is 0.307 e. The zero-order valence-electron chi connectivity index (χ0n) is 19.1. The molecular weight excluding hydrogens is 364 g/mol. The second-order valence-corrected chi connectivity index (χ2v) is 9.02. The predicted molar refractivity (Wildman–Crippen MR) is 119 cm³/mol. The first-order chi connectivity index (χ1) is 13.6. The van der Waals surface area contributed by atoms with E-state index in [1.807, 2.05) is 13.0 Å². The topological polar surface area (TPSA) is 63.6 Å². The number of carboxylic acids is 1. The molecule has 4 nitrogen and oxygen atoms in total. The highest BCUT2D eigenvalue weighted by atomic mass is 16.5. The van der Waals surface area contributed by atoms with Gasteiger partial charge in [0.15, 0.2) is 5.78 Å². The van der Waals surface area contributed by atoms with Crippen molar-refractivity contribution in [1.29, 1.82) is 0 Å². The summed E-state index contributed by atoms with van der Waals surface area (Å²) in [5.41, 5.74) is 1.63. The van der Waals surface area contributed by atoms with E-state index in [-0.39, 0.29) is 18.3 Å². The van der Waals surface area contributed by atoms with Gasteiger partial charge in [-0.2, -0.15) is 0 Å². The maximum atomic E-state index is 12.0. The fourth-order valence-corrected chi connectivity index (χ4v) is 4.32. The van der Waals surface area contributed by atoms with Gasteiger partial charge < -0.3 is 9.84 Å². The molecule has 0 radical (unpaired) electrons. The van der Waals surface area contributed by atoms with Crippen molar-refractivity contribution in [3.8, 4) is 0 Å². The van der Waals surface area contributed by atoms with Gasteiger partial charge in [-0.3, -0.25) is 9.59 Å². The van der Waals surface area contributed by atoms with Crippen molar-refractivity contribution in [2.24, 2.45) is 23.7 Å². The monoisotopic (exact) mass is 404 g/mol. The Bertz CT molecular complexity index is 629. The van der Waals surface area contributed by atoms with Crippen molar-refractivity contribution < 1.29 is 19.4 Å². The lowest BCUT2D eigenvalue weighted by atomic mass is 9.80. The van der Waals surface area contributed by atoms with Crippen LogP contribution in [0.2, 0.25) is 0 Å². The van der Waals surface area contributed by atoms with Crippen LogP contribution in [0.25, 0.3) is 0 Å². The second kappa shape index (κ2) is 12.8. The van der Waals surface area contributed by atoms with E-state index in [1.54, 1.807) is 18.2 Å². The number of ketones is 1. The molecule has 5 atom stereocenters. The third-order valence-electron chi connectivity index (χ3n) is 5.91. The minimum Gasteiger partial charge on any atom is -0.481 e. The van der Waals surface area contributed by atoms with Gasteiger partial charge in [0.1, 0.15) is 0 Å². The second-order valence-electron chi connectivity index (χ2n) is 9.02. The molecule has 0 aromatic heterocycles. The average Bonchev–Trinajstić information content (AvgIpc) is 2.63. The number of Topliss-reactive ketones (excluding diaryl/α,β-unsaturated/α-hetero) is 1. The van der Waals surface area contributed by atoms with Gasteiger partial charge in [-0.1, -0.05) is 52.3 Å². The van der Waals surface area contributed by atoms with Gasteiger partial charge in [0.05, 0.1) is 19.1 Å². The van der Waals surface area contributed by atoms with Crippen molar-refractivity contribution in [2.45, 2.75) is 79.8 Å². The molecule has 0 bridgehead atoms. The van der Waals surface area contributed by atoms with Crippen LogP contribution < -0.4 is 0 Å². The van der Waals surface area contributed by atoms with Crippen LogP contribution >= 0.6 is 0 Å². The molecule has 1 fully saturated rings. The Morgan fingerprint density at radius 3 is 2.45 bits per heavy atom. The lowest BCUT2D eigenvalue weighted by molar-refractivity contribution is -0.136. The molecule has 0 aromatic carbocycles. The van der Waals surface area contributed by atoms with Gasteiger partial charge in [0.2, 0.25) is 0 Å². The number of rotatable bonds is 11. The summed E-state index contributed by atoms with van der Waals surface area (Å²) < 4.78 is 6.23. The van der Waals surface area contributed by atoms with E-state index in [4.69, 9.17) is 9.84 Å². The summed E-state index contributed by atoms with van der Waals surface area (Å²) in [6, 6.07) is 0. The molecule has 1 aliphatic rings. The van der Waals surface area contributed by atoms with Crippen LogP contribution in [0.15, 0.2) is 35.5 Å². The molecule has 1 saturated heterocycles. The van der Waals surface area contributed by atoms with Crippen LogP contribution in [0, 0.1) is 23.7 Å². The zero-order chi connectivity index (χ0) is 22.0. The molecule has 0 spiro atoms. The highest BCUT2D eigenvalue weighted by Gasteiger charge is 2.30. The Hall–Kier alpha value is -1.68. The Morgan fingerprint density at radius 1 is 1.21 bits per heavy atom. The van der Waals surface area contributed by atoms with Crippen molar-refractivity contribution in [3.63, 3.8) is 0 Å². The van der Waals surface area contributed by atoms with Crippen LogP contribution in [0.4, 0.5) is 0 Å². The Morgan fingerprint density at radius 2 is 1.90 bits per heavy atom. The number of hydrogen-bond acceptors (Lipinski definition) is 3. The number of aliphatic carboxylic acids is 1. The van der Waals surface area contributed by atoms with Gasteiger partial charge >= 0.3 is 5.97 Å². The van der Waals surface area contributed by atoms with Crippen molar-refractivity contribution >= 4 is 11.8 Å². The Balaban J connectivity index is 2.71. The smallest absolute Gasteiger partial charge is 0.307 e. The molecule has 0 aliphatic carbocycles. The number of carbonyl (C=O) groups excluding carboxylic acids is 1. The molecule has 1 aliphatic heterocycles. The Kier molecular flexibility index (Phi) is 11.2. The minimum absolute atomic E-state index is 0.0295. The first-order valence-electron chi connectivity index (χ1n) is 11.0. The molecule has 1 N–H and O–H groups in total. The van der Waals surface area contributed by atoms with E-state index in [2.05, 4.69) is 27.7 Å². The molecule has 4 heteroatoms. The van der Waals surface area contributed by atoms with E-state index in [1.165, 1.54) is 26.2 Å².